The Morgan fingerprint density at radius 1 is 0.895 bits per heavy atom. The van der Waals surface area contributed by atoms with Gasteiger partial charge in [-0.15, -0.1) is 0 Å². The molecular formula is C30H30N4O4. The van der Waals surface area contributed by atoms with Gasteiger partial charge in [-0.25, -0.2) is 0 Å². The molecule has 5 rings (SSSR count). The van der Waals surface area contributed by atoms with Crippen LogP contribution < -0.4 is 14.8 Å². The van der Waals surface area contributed by atoms with Crippen LogP contribution in [0.5, 0.6) is 11.5 Å². The number of aromatic nitrogens is 2. The lowest BCUT2D eigenvalue weighted by molar-refractivity contribution is 0.0682. The Balaban J connectivity index is 1.33. The smallest absolute Gasteiger partial charge is 0.272 e. The molecule has 4 aromatic rings. The third-order valence-corrected chi connectivity index (χ3v) is 6.68. The summed E-state index contributed by atoms with van der Waals surface area (Å²) in [5.74, 6) is 0.842. The van der Waals surface area contributed by atoms with Crippen molar-refractivity contribution in [3.05, 3.63) is 113 Å². The maximum absolute atomic E-state index is 13.3. The first kappa shape index (κ1) is 25.1. The number of hydrogen-bond donors (Lipinski definition) is 1. The largest absolute Gasteiger partial charge is 0.497 e. The average Bonchev–Trinajstić information content (AvgIpc) is 3.40. The average molecular weight is 511 g/mol. The van der Waals surface area contributed by atoms with Crippen LogP contribution in [-0.2, 0) is 19.5 Å². The van der Waals surface area contributed by atoms with Gasteiger partial charge < -0.3 is 19.7 Å². The number of fused-ring (bicyclic) bond motifs is 1. The number of hydrogen-bond acceptors (Lipinski definition) is 5. The van der Waals surface area contributed by atoms with Gasteiger partial charge in [0.05, 0.1) is 26.8 Å². The van der Waals surface area contributed by atoms with Gasteiger partial charge in [0.2, 0.25) is 0 Å². The van der Waals surface area contributed by atoms with E-state index in [9.17, 15) is 9.59 Å². The molecule has 0 spiro atoms. The molecule has 1 atom stereocenters. The fourth-order valence-corrected chi connectivity index (χ4v) is 4.70. The Hall–Kier alpha value is -4.59. The van der Waals surface area contributed by atoms with Crippen molar-refractivity contribution in [3.63, 3.8) is 0 Å². The van der Waals surface area contributed by atoms with Crippen molar-refractivity contribution < 1.29 is 19.1 Å². The van der Waals surface area contributed by atoms with E-state index < -0.39 is 0 Å². The predicted molar refractivity (Wildman–Crippen MR) is 143 cm³/mol. The zero-order valence-electron chi connectivity index (χ0n) is 21.5. The minimum Gasteiger partial charge on any atom is -0.497 e. The highest BCUT2D eigenvalue weighted by molar-refractivity contribution is 5.98. The van der Waals surface area contributed by atoms with Crippen LogP contribution in [0.15, 0.2) is 84.9 Å². The fraction of sp³-hybridized carbons (Fsp3) is 0.233. The van der Waals surface area contributed by atoms with Gasteiger partial charge in [0.1, 0.15) is 17.2 Å². The van der Waals surface area contributed by atoms with Gasteiger partial charge in [0.25, 0.3) is 11.8 Å². The molecule has 0 unspecified atom stereocenters. The number of methoxy groups -OCH3 is 2. The van der Waals surface area contributed by atoms with Crippen molar-refractivity contribution in [1.29, 1.82) is 0 Å². The van der Waals surface area contributed by atoms with Crippen molar-refractivity contribution >= 4 is 11.8 Å². The first-order valence-corrected chi connectivity index (χ1v) is 12.5. The van der Waals surface area contributed by atoms with Crippen LogP contribution in [0.25, 0.3) is 0 Å². The molecule has 3 aromatic carbocycles. The van der Waals surface area contributed by atoms with Gasteiger partial charge in [-0.1, -0.05) is 60.7 Å². The molecule has 0 fully saturated rings. The van der Waals surface area contributed by atoms with Crippen LogP contribution in [-0.4, -0.2) is 47.3 Å². The molecule has 194 valence electrons. The topological polar surface area (TPSA) is 85.7 Å². The quantitative estimate of drug-likeness (QED) is 0.364. The monoisotopic (exact) mass is 510 g/mol. The molecule has 0 radical (unpaired) electrons. The number of carbonyl (C=O) groups is 2. The number of ether oxygens (including phenoxy) is 2. The Morgan fingerprint density at radius 2 is 1.55 bits per heavy atom. The number of nitrogens with one attached hydrogen (secondary N) is 1. The van der Waals surface area contributed by atoms with Gasteiger partial charge in [-0.2, -0.15) is 5.10 Å². The summed E-state index contributed by atoms with van der Waals surface area (Å²) in [6.45, 7) is 1.38. The lowest BCUT2D eigenvalue weighted by atomic mass is 9.98. The summed E-state index contributed by atoms with van der Waals surface area (Å²) >= 11 is 0. The first-order valence-electron chi connectivity index (χ1n) is 12.5. The Kier molecular flexibility index (Phi) is 7.40. The van der Waals surface area contributed by atoms with Crippen molar-refractivity contribution in [2.24, 2.45) is 0 Å². The van der Waals surface area contributed by atoms with E-state index in [0.29, 0.717) is 43.2 Å². The van der Waals surface area contributed by atoms with E-state index in [1.165, 1.54) is 0 Å². The second-order valence-electron chi connectivity index (χ2n) is 9.21. The molecule has 1 aliphatic rings. The maximum Gasteiger partial charge on any atom is 0.272 e. The maximum atomic E-state index is 13.3. The van der Waals surface area contributed by atoms with Crippen LogP contribution in [0.4, 0.5) is 0 Å². The summed E-state index contributed by atoms with van der Waals surface area (Å²) in [6, 6.07) is 26.8. The molecule has 1 aliphatic heterocycles. The van der Waals surface area contributed by atoms with E-state index in [2.05, 4.69) is 10.4 Å². The van der Waals surface area contributed by atoms with E-state index >= 15 is 0 Å². The van der Waals surface area contributed by atoms with E-state index in [4.69, 9.17) is 9.47 Å². The Bertz CT molecular complexity index is 1400. The number of nitrogens with zero attached hydrogens (tertiary/aromatic N) is 3. The second-order valence-corrected chi connectivity index (χ2v) is 9.21. The highest BCUT2D eigenvalue weighted by atomic mass is 16.5. The molecule has 0 saturated heterocycles. The molecule has 1 N–H and O–H groups in total. The minimum absolute atomic E-state index is 0.173. The summed E-state index contributed by atoms with van der Waals surface area (Å²) in [6.07, 6.45) is 0.640. The summed E-state index contributed by atoms with van der Waals surface area (Å²) in [7, 11) is 3.19. The van der Waals surface area contributed by atoms with Gasteiger partial charge >= 0.3 is 0 Å². The highest BCUT2D eigenvalue weighted by Gasteiger charge is 2.29. The van der Waals surface area contributed by atoms with Gasteiger partial charge in [0.15, 0.2) is 5.69 Å². The highest BCUT2D eigenvalue weighted by Crippen LogP contribution is 2.25. The molecule has 1 aromatic heterocycles. The van der Waals surface area contributed by atoms with E-state index in [1.807, 2.05) is 72.8 Å². The number of amides is 2. The minimum atomic E-state index is -0.312. The van der Waals surface area contributed by atoms with E-state index in [0.717, 1.165) is 16.7 Å². The molecule has 2 amide bonds. The molecule has 0 saturated carbocycles. The van der Waals surface area contributed by atoms with Crippen LogP contribution in [0.1, 0.15) is 43.7 Å². The first-order chi connectivity index (χ1) is 18.5. The normalized spacial score (nSPS) is 13.5. The Morgan fingerprint density at radius 3 is 2.21 bits per heavy atom. The standard InChI is InChI=1S/C30H30N4O4/c1-37-24-15-22(16-25(18-24)38-2)20-33-13-14-34-28(30(33)36)19-27(32-34)29(35)31-26(23-11-7-4-8-12-23)17-21-9-5-3-6-10-21/h3-12,15-16,18-19,26H,13-14,17,20H2,1-2H3,(H,31,35)/t26-/m0/s1. The molecule has 8 nitrogen and oxygen atoms in total. The lowest BCUT2D eigenvalue weighted by Crippen LogP contribution is -2.39. The van der Waals surface area contributed by atoms with Gasteiger partial charge in [0, 0.05) is 25.2 Å². The zero-order chi connectivity index (χ0) is 26.5. The number of carbonyl (C=O) groups excluding carboxylic acids is 2. The summed E-state index contributed by atoms with van der Waals surface area (Å²) in [4.78, 5) is 28.4. The molecular weight excluding hydrogens is 480 g/mol. The van der Waals surface area contributed by atoms with Crippen LogP contribution in [0.3, 0.4) is 0 Å². The second kappa shape index (κ2) is 11.2. The fourth-order valence-electron chi connectivity index (χ4n) is 4.70. The molecule has 2 heterocycles. The van der Waals surface area contributed by atoms with Crippen LogP contribution in [0.2, 0.25) is 0 Å². The van der Waals surface area contributed by atoms with Crippen molar-refractivity contribution in [2.45, 2.75) is 25.6 Å². The van der Waals surface area contributed by atoms with Crippen molar-refractivity contribution in [2.75, 3.05) is 20.8 Å². The van der Waals surface area contributed by atoms with E-state index in [1.54, 1.807) is 35.9 Å². The number of benzene rings is 3. The SMILES string of the molecule is COc1cc(CN2CCn3nc(C(=O)N[C@@H](Cc4ccccc4)c4ccccc4)cc3C2=O)cc(OC)c1. The predicted octanol–water partition coefficient (Wildman–Crippen LogP) is 4.27. The molecule has 0 bridgehead atoms. The summed E-state index contributed by atoms with van der Waals surface area (Å²) in [5, 5.41) is 7.60. The van der Waals surface area contributed by atoms with Crippen LogP contribution in [0, 0.1) is 0 Å². The van der Waals surface area contributed by atoms with Gasteiger partial charge in [-0.05, 0) is 35.2 Å². The zero-order valence-corrected chi connectivity index (χ0v) is 21.5. The van der Waals surface area contributed by atoms with Crippen LogP contribution >= 0.6 is 0 Å². The van der Waals surface area contributed by atoms with E-state index in [-0.39, 0.29) is 23.6 Å². The third kappa shape index (κ3) is 5.54. The van der Waals surface area contributed by atoms with Crippen molar-refractivity contribution in [1.82, 2.24) is 20.0 Å². The molecule has 38 heavy (non-hydrogen) atoms. The van der Waals surface area contributed by atoms with Crippen molar-refractivity contribution in [3.8, 4) is 11.5 Å². The summed E-state index contributed by atoms with van der Waals surface area (Å²) in [5.41, 5.74) is 3.64. The number of rotatable bonds is 9. The lowest BCUT2D eigenvalue weighted by Gasteiger charge is -2.27. The molecule has 0 aliphatic carbocycles. The third-order valence-electron chi connectivity index (χ3n) is 6.68. The van der Waals surface area contributed by atoms with Gasteiger partial charge in [-0.3, -0.25) is 14.3 Å². The Labute approximate surface area is 221 Å². The summed E-state index contributed by atoms with van der Waals surface area (Å²) < 4.78 is 12.3. The molecule has 8 heteroatoms.